The van der Waals surface area contributed by atoms with Crippen molar-refractivity contribution in [2.45, 2.75) is 30.2 Å². The van der Waals surface area contributed by atoms with Gasteiger partial charge in [-0.3, -0.25) is 0 Å². The minimum absolute atomic E-state index is 0.243. The normalized spacial score (nSPS) is 15.1. The van der Waals surface area contributed by atoms with Crippen molar-refractivity contribution in [3.05, 3.63) is 59.2 Å². The van der Waals surface area contributed by atoms with Gasteiger partial charge in [0.1, 0.15) is 5.75 Å². The van der Waals surface area contributed by atoms with Gasteiger partial charge in [-0.15, -0.1) is 0 Å². The SMILES string of the molecule is CNC1CN(CCCOc2ccc(S(=O)(=O)NCCCc3c[nH]c4ccc(Cl)cc34)cc2)C1. The first-order chi connectivity index (χ1) is 15.9. The predicted octanol–water partition coefficient (Wildman–Crippen LogP) is 3.40. The minimum atomic E-state index is -3.55. The third kappa shape index (κ3) is 6.28. The molecule has 3 N–H and O–H groups in total. The predicted molar refractivity (Wildman–Crippen MR) is 133 cm³/mol. The lowest BCUT2D eigenvalue weighted by molar-refractivity contribution is 0.122. The maximum atomic E-state index is 12.6. The zero-order valence-corrected chi connectivity index (χ0v) is 20.4. The number of likely N-dealkylation sites (N-methyl/N-ethyl adjacent to an activating group) is 1. The van der Waals surface area contributed by atoms with Crippen LogP contribution in [0, 0.1) is 0 Å². The first-order valence-corrected chi connectivity index (χ1v) is 13.2. The van der Waals surface area contributed by atoms with Gasteiger partial charge in [0.2, 0.25) is 10.0 Å². The van der Waals surface area contributed by atoms with Crippen LogP contribution in [-0.2, 0) is 16.4 Å². The average Bonchev–Trinajstić information content (AvgIpc) is 3.17. The van der Waals surface area contributed by atoms with Crippen molar-refractivity contribution in [1.82, 2.24) is 19.9 Å². The molecular formula is C24H31ClN4O3S. The number of aromatic amines is 1. The Morgan fingerprint density at radius 2 is 1.94 bits per heavy atom. The van der Waals surface area contributed by atoms with Crippen molar-refractivity contribution in [2.24, 2.45) is 0 Å². The van der Waals surface area contributed by atoms with Crippen LogP contribution in [0.1, 0.15) is 18.4 Å². The van der Waals surface area contributed by atoms with Crippen molar-refractivity contribution in [3.8, 4) is 5.75 Å². The van der Waals surface area contributed by atoms with E-state index < -0.39 is 10.0 Å². The Morgan fingerprint density at radius 3 is 2.70 bits per heavy atom. The van der Waals surface area contributed by atoms with E-state index in [-0.39, 0.29) is 4.90 Å². The van der Waals surface area contributed by atoms with Gasteiger partial charge in [-0.2, -0.15) is 0 Å². The fourth-order valence-electron chi connectivity index (χ4n) is 4.05. The van der Waals surface area contributed by atoms with E-state index in [1.54, 1.807) is 24.3 Å². The molecule has 1 aliphatic rings. The van der Waals surface area contributed by atoms with Crippen molar-refractivity contribution < 1.29 is 13.2 Å². The molecule has 4 rings (SSSR count). The Labute approximate surface area is 200 Å². The molecule has 0 radical (unpaired) electrons. The summed E-state index contributed by atoms with van der Waals surface area (Å²) in [6.07, 6.45) is 4.34. The molecule has 1 aliphatic heterocycles. The quantitative estimate of drug-likeness (QED) is 0.339. The van der Waals surface area contributed by atoms with Gasteiger partial charge < -0.3 is 19.9 Å². The Morgan fingerprint density at radius 1 is 1.15 bits per heavy atom. The second kappa shape index (κ2) is 10.9. The van der Waals surface area contributed by atoms with Crippen LogP contribution < -0.4 is 14.8 Å². The van der Waals surface area contributed by atoms with Gasteiger partial charge in [0, 0.05) is 54.3 Å². The topological polar surface area (TPSA) is 86.5 Å². The summed E-state index contributed by atoms with van der Waals surface area (Å²) < 4.78 is 33.6. The Kier molecular flexibility index (Phi) is 7.93. The molecule has 0 atom stereocenters. The molecule has 178 valence electrons. The molecule has 2 aromatic carbocycles. The lowest BCUT2D eigenvalue weighted by Crippen LogP contribution is -2.57. The summed E-state index contributed by atoms with van der Waals surface area (Å²) in [7, 11) is -1.56. The molecule has 1 aromatic heterocycles. The minimum Gasteiger partial charge on any atom is -0.494 e. The lowest BCUT2D eigenvalue weighted by atomic mass is 10.1. The van der Waals surface area contributed by atoms with Crippen LogP contribution in [-0.4, -0.2) is 64.2 Å². The first kappa shape index (κ1) is 24.0. The molecule has 1 fully saturated rings. The molecule has 7 nitrogen and oxygen atoms in total. The molecule has 0 saturated carbocycles. The number of halogens is 1. The van der Waals surface area contributed by atoms with Crippen LogP contribution in [0.5, 0.6) is 5.75 Å². The van der Waals surface area contributed by atoms with Crippen molar-refractivity contribution in [1.29, 1.82) is 0 Å². The Hall–Kier alpha value is -2.10. The zero-order chi connectivity index (χ0) is 23.3. The molecule has 0 aliphatic carbocycles. The Bertz CT molecular complexity index is 1160. The molecule has 1 saturated heterocycles. The average molecular weight is 491 g/mol. The van der Waals surface area contributed by atoms with Gasteiger partial charge in [0.15, 0.2) is 0 Å². The number of likely N-dealkylation sites (tertiary alicyclic amines) is 1. The third-order valence-electron chi connectivity index (χ3n) is 6.03. The summed E-state index contributed by atoms with van der Waals surface area (Å²) in [6.45, 7) is 4.17. The largest absolute Gasteiger partial charge is 0.494 e. The highest BCUT2D eigenvalue weighted by atomic mass is 35.5. The van der Waals surface area contributed by atoms with Gasteiger partial charge >= 0.3 is 0 Å². The van der Waals surface area contributed by atoms with Crippen LogP contribution in [0.4, 0.5) is 0 Å². The molecule has 2 heterocycles. The van der Waals surface area contributed by atoms with E-state index in [9.17, 15) is 8.42 Å². The summed E-state index contributed by atoms with van der Waals surface area (Å²) in [5.74, 6) is 0.684. The first-order valence-electron chi connectivity index (χ1n) is 11.3. The number of nitrogens with one attached hydrogen (secondary N) is 3. The van der Waals surface area contributed by atoms with Crippen LogP contribution in [0.3, 0.4) is 0 Å². The molecule has 0 spiro atoms. The molecule has 0 amide bonds. The molecule has 33 heavy (non-hydrogen) atoms. The van der Waals surface area contributed by atoms with E-state index in [4.69, 9.17) is 16.3 Å². The monoisotopic (exact) mass is 490 g/mol. The molecule has 0 unspecified atom stereocenters. The fourth-order valence-corrected chi connectivity index (χ4v) is 5.30. The highest BCUT2D eigenvalue weighted by Gasteiger charge is 2.23. The van der Waals surface area contributed by atoms with E-state index in [0.717, 1.165) is 48.9 Å². The maximum Gasteiger partial charge on any atom is 0.240 e. The summed E-state index contributed by atoms with van der Waals surface area (Å²) in [6, 6.07) is 12.9. The van der Waals surface area contributed by atoms with Gasteiger partial charge in [0.05, 0.1) is 11.5 Å². The van der Waals surface area contributed by atoms with Crippen LogP contribution in [0.15, 0.2) is 53.6 Å². The zero-order valence-electron chi connectivity index (χ0n) is 18.8. The molecular weight excluding hydrogens is 460 g/mol. The molecule has 3 aromatic rings. The molecule has 0 bridgehead atoms. The number of fused-ring (bicyclic) bond motifs is 1. The number of rotatable bonds is 12. The number of H-pyrrole nitrogens is 1. The number of aromatic nitrogens is 1. The smallest absolute Gasteiger partial charge is 0.240 e. The van der Waals surface area contributed by atoms with Crippen molar-refractivity contribution in [3.63, 3.8) is 0 Å². The van der Waals surface area contributed by atoms with Crippen molar-refractivity contribution >= 4 is 32.5 Å². The summed E-state index contributed by atoms with van der Waals surface area (Å²) in [5, 5.41) is 5.03. The summed E-state index contributed by atoms with van der Waals surface area (Å²) in [4.78, 5) is 5.85. The van der Waals surface area contributed by atoms with Gasteiger partial charge in [-0.25, -0.2) is 13.1 Å². The number of hydrogen-bond acceptors (Lipinski definition) is 5. The lowest BCUT2D eigenvalue weighted by Gasteiger charge is -2.39. The second-order valence-corrected chi connectivity index (χ2v) is 10.6. The van der Waals surface area contributed by atoms with Gasteiger partial charge in [0.25, 0.3) is 0 Å². The van der Waals surface area contributed by atoms with Gasteiger partial charge in [-0.05, 0) is 74.3 Å². The number of hydrogen-bond donors (Lipinski definition) is 3. The fraction of sp³-hybridized carbons (Fsp3) is 0.417. The number of nitrogens with zero attached hydrogens (tertiary/aromatic N) is 1. The maximum absolute atomic E-state index is 12.6. The van der Waals surface area contributed by atoms with Crippen LogP contribution in [0.25, 0.3) is 10.9 Å². The van der Waals surface area contributed by atoms with E-state index in [1.165, 1.54) is 0 Å². The van der Waals surface area contributed by atoms with E-state index in [1.807, 2.05) is 31.4 Å². The van der Waals surface area contributed by atoms with E-state index in [2.05, 4.69) is 19.9 Å². The summed E-state index contributed by atoms with van der Waals surface area (Å²) in [5.41, 5.74) is 2.16. The van der Waals surface area contributed by atoms with Gasteiger partial charge in [-0.1, -0.05) is 11.6 Å². The highest BCUT2D eigenvalue weighted by molar-refractivity contribution is 7.89. The van der Waals surface area contributed by atoms with Crippen LogP contribution >= 0.6 is 11.6 Å². The number of benzene rings is 2. The standard InChI is InChI=1S/C24H31ClN4O3S/c1-26-20-16-29(17-20)12-3-13-32-21-6-8-22(9-7-21)33(30,31)28-11-2-4-18-15-27-24-10-5-19(25)14-23(18)24/h5-10,14-15,20,26-28H,2-4,11-13,16-17H2,1H3. The van der Waals surface area contributed by atoms with E-state index in [0.29, 0.717) is 36.4 Å². The second-order valence-electron chi connectivity index (χ2n) is 8.42. The number of sulfonamides is 1. The number of ether oxygens (including phenoxy) is 1. The van der Waals surface area contributed by atoms with E-state index >= 15 is 0 Å². The van der Waals surface area contributed by atoms with Crippen LogP contribution in [0.2, 0.25) is 5.02 Å². The van der Waals surface area contributed by atoms with Crippen molar-refractivity contribution in [2.75, 3.05) is 39.8 Å². The number of aryl methyl sites for hydroxylation is 1. The molecule has 9 heteroatoms. The Balaban J connectivity index is 1.19. The summed E-state index contributed by atoms with van der Waals surface area (Å²) >= 11 is 6.10. The highest BCUT2D eigenvalue weighted by Crippen LogP contribution is 2.23. The third-order valence-corrected chi connectivity index (χ3v) is 7.74.